The SMILES string of the molecule is C=CCCCOC(=O)[C@@H]1[C@H]2C(=O)N([C@H](C)CO)C(C(=O)N(CC=C)c3c(C)cccc3C)C23CC[C@H]1S3. The third-order valence-corrected chi connectivity index (χ3v) is 10.0. The number of carbonyl (C=O) groups is 3. The van der Waals surface area contributed by atoms with Crippen LogP contribution in [0.3, 0.4) is 0 Å². The maximum absolute atomic E-state index is 14.5. The molecular weight excluding hydrogens is 488 g/mol. The highest BCUT2D eigenvalue weighted by atomic mass is 32.2. The largest absolute Gasteiger partial charge is 0.465 e. The van der Waals surface area contributed by atoms with Gasteiger partial charge >= 0.3 is 5.97 Å². The number of allylic oxidation sites excluding steroid dienone is 1. The number of unbranched alkanes of at least 4 members (excludes halogenated alkanes) is 1. The van der Waals surface area contributed by atoms with E-state index in [-0.39, 0.29) is 36.2 Å². The van der Waals surface area contributed by atoms with E-state index >= 15 is 0 Å². The Bertz CT molecular complexity index is 1070. The molecular formula is C29H38N2O5S. The van der Waals surface area contributed by atoms with Gasteiger partial charge in [0, 0.05) is 17.5 Å². The molecule has 3 saturated heterocycles. The summed E-state index contributed by atoms with van der Waals surface area (Å²) in [6.45, 7) is 13.6. The summed E-state index contributed by atoms with van der Waals surface area (Å²) in [6, 6.07) is 4.54. The molecule has 200 valence electrons. The van der Waals surface area contributed by atoms with Gasteiger partial charge in [-0.05, 0) is 57.6 Å². The van der Waals surface area contributed by atoms with Crippen LogP contribution in [-0.4, -0.2) is 69.6 Å². The van der Waals surface area contributed by atoms with Crippen molar-refractivity contribution in [2.45, 2.75) is 68.5 Å². The zero-order valence-corrected chi connectivity index (χ0v) is 22.8. The fourth-order valence-electron chi connectivity index (χ4n) is 6.50. The Morgan fingerprint density at radius 1 is 1.30 bits per heavy atom. The fraction of sp³-hybridized carbons (Fsp3) is 0.552. The number of esters is 1. The van der Waals surface area contributed by atoms with Crippen LogP contribution in [0.2, 0.25) is 0 Å². The van der Waals surface area contributed by atoms with Gasteiger partial charge in [0.1, 0.15) is 6.04 Å². The number of carbonyl (C=O) groups excluding carboxylic acids is 3. The van der Waals surface area contributed by atoms with Gasteiger partial charge in [0.15, 0.2) is 0 Å². The molecule has 7 nitrogen and oxygen atoms in total. The van der Waals surface area contributed by atoms with E-state index in [9.17, 15) is 19.5 Å². The minimum absolute atomic E-state index is 0.0595. The second kappa shape index (κ2) is 11.0. The first-order valence-electron chi connectivity index (χ1n) is 13.1. The van der Waals surface area contributed by atoms with Crippen LogP contribution in [0.1, 0.15) is 43.7 Å². The summed E-state index contributed by atoms with van der Waals surface area (Å²) in [5.41, 5.74) is 2.73. The maximum Gasteiger partial charge on any atom is 0.310 e. The lowest BCUT2D eigenvalue weighted by molar-refractivity contribution is -0.154. The van der Waals surface area contributed by atoms with Crippen LogP contribution in [0, 0.1) is 25.7 Å². The van der Waals surface area contributed by atoms with E-state index in [1.165, 1.54) is 0 Å². The zero-order valence-electron chi connectivity index (χ0n) is 22.0. The molecule has 0 aliphatic carbocycles. The molecule has 2 amide bonds. The number of benzene rings is 1. The number of aryl methyl sites for hydroxylation is 2. The monoisotopic (exact) mass is 526 g/mol. The van der Waals surface area contributed by atoms with Gasteiger partial charge in [-0.2, -0.15) is 0 Å². The number of amides is 2. The van der Waals surface area contributed by atoms with E-state index < -0.39 is 28.7 Å². The fourth-order valence-corrected chi connectivity index (χ4v) is 8.68. The molecule has 8 heteroatoms. The first kappa shape index (κ1) is 27.5. The van der Waals surface area contributed by atoms with Crippen molar-refractivity contribution in [1.82, 2.24) is 4.90 Å². The molecule has 1 N–H and O–H groups in total. The lowest BCUT2D eigenvalue weighted by atomic mass is 9.71. The lowest BCUT2D eigenvalue weighted by Crippen LogP contribution is -2.57. The zero-order chi connectivity index (χ0) is 26.9. The number of aliphatic hydroxyl groups is 1. The molecule has 1 aromatic carbocycles. The van der Waals surface area contributed by atoms with Crippen molar-refractivity contribution < 1.29 is 24.2 Å². The maximum atomic E-state index is 14.5. The second-order valence-corrected chi connectivity index (χ2v) is 12.0. The minimum atomic E-state index is -0.792. The normalized spacial score (nSPS) is 28.6. The summed E-state index contributed by atoms with van der Waals surface area (Å²) >= 11 is 1.61. The smallest absolute Gasteiger partial charge is 0.310 e. The molecule has 3 aliphatic heterocycles. The van der Waals surface area contributed by atoms with Gasteiger partial charge in [-0.3, -0.25) is 14.4 Å². The van der Waals surface area contributed by atoms with Crippen molar-refractivity contribution in [1.29, 1.82) is 0 Å². The Balaban J connectivity index is 1.74. The molecule has 0 radical (unpaired) electrons. The van der Waals surface area contributed by atoms with Crippen molar-refractivity contribution >= 4 is 35.2 Å². The van der Waals surface area contributed by atoms with Crippen LogP contribution in [-0.2, 0) is 19.1 Å². The van der Waals surface area contributed by atoms with E-state index in [4.69, 9.17) is 4.74 Å². The van der Waals surface area contributed by atoms with Crippen LogP contribution in [0.5, 0.6) is 0 Å². The van der Waals surface area contributed by atoms with Crippen molar-refractivity contribution in [2.24, 2.45) is 11.8 Å². The van der Waals surface area contributed by atoms with Crippen molar-refractivity contribution in [2.75, 3.05) is 24.7 Å². The van der Waals surface area contributed by atoms with Gasteiger partial charge in [0.25, 0.3) is 5.91 Å². The van der Waals surface area contributed by atoms with E-state index in [2.05, 4.69) is 13.2 Å². The number of ether oxygens (including phenoxy) is 1. The Morgan fingerprint density at radius 3 is 2.62 bits per heavy atom. The van der Waals surface area contributed by atoms with Crippen LogP contribution in [0.4, 0.5) is 5.69 Å². The molecule has 3 aliphatic rings. The van der Waals surface area contributed by atoms with Crippen molar-refractivity contribution in [3.63, 3.8) is 0 Å². The summed E-state index contributed by atoms with van der Waals surface area (Å²) in [6.07, 6.45) is 6.32. The summed E-state index contributed by atoms with van der Waals surface area (Å²) < 4.78 is 4.88. The van der Waals surface area contributed by atoms with Gasteiger partial charge in [-0.15, -0.1) is 24.9 Å². The van der Waals surface area contributed by atoms with E-state index in [0.717, 1.165) is 29.7 Å². The predicted molar refractivity (Wildman–Crippen MR) is 146 cm³/mol. The van der Waals surface area contributed by atoms with Crippen LogP contribution in [0.25, 0.3) is 0 Å². The molecule has 3 fully saturated rings. The van der Waals surface area contributed by atoms with E-state index in [1.54, 1.807) is 40.6 Å². The van der Waals surface area contributed by atoms with E-state index in [0.29, 0.717) is 19.4 Å². The summed E-state index contributed by atoms with van der Waals surface area (Å²) in [5, 5.41) is 10.0. The van der Waals surface area contributed by atoms with Gasteiger partial charge in [-0.1, -0.05) is 30.4 Å². The number of para-hydroxylation sites is 1. The standard InChI is InChI=1S/C29H38N2O5S/c1-6-8-9-16-36-28(35)22-21-13-14-29(37-21)23(22)26(33)31(20(5)17-32)25(29)27(34)30(15-7-2)24-18(3)11-10-12-19(24)4/h6-7,10-12,20-23,25,32H,1-2,8-9,13-17H2,3-5H3/t20-,21-,22+,23+,25?,29?/m1/s1. The number of thioether (sulfide) groups is 1. The van der Waals surface area contributed by atoms with Crippen LogP contribution >= 0.6 is 11.8 Å². The molecule has 2 bridgehead atoms. The number of nitrogens with zero attached hydrogens (tertiary/aromatic N) is 2. The number of likely N-dealkylation sites (tertiary alicyclic amines) is 1. The highest BCUT2D eigenvalue weighted by Gasteiger charge is 2.74. The summed E-state index contributed by atoms with van der Waals surface area (Å²) in [4.78, 5) is 45.1. The number of fused-ring (bicyclic) bond motifs is 1. The van der Waals surface area contributed by atoms with Crippen molar-refractivity contribution in [3.05, 3.63) is 54.6 Å². The van der Waals surface area contributed by atoms with Crippen LogP contribution in [0.15, 0.2) is 43.5 Å². The third-order valence-electron chi connectivity index (χ3n) is 8.07. The average Bonchev–Trinajstić information content (AvgIpc) is 3.52. The third kappa shape index (κ3) is 4.52. The van der Waals surface area contributed by atoms with Gasteiger partial charge in [0.05, 0.1) is 35.8 Å². The molecule has 0 saturated carbocycles. The first-order chi connectivity index (χ1) is 17.7. The predicted octanol–water partition coefficient (Wildman–Crippen LogP) is 3.80. The molecule has 2 unspecified atom stereocenters. The second-order valence-electron chi connectivity index (χ2n) is 10.4. The molecule has 1 aromatic rings. The molecule has 37 heavy (non-hydrogen) atoms. The summed E-state index contributed by atoms with van der Waals surface area (Å²) in [7, 11) is 0. The van der Waals surface area contributed by atoms with Gasteiger partial charge in [-0.25, -0.2) is 0 Å². The Labute approximate surface area is 223 Å². The lowest BCUT2D eigenvalue weighted by Gasteiger charge is -2.39. The quantitative estimate of drug-likeness (QED) is 0.268. The number of hydrogen-bond acceptors (Lipinski definition) is 6. The van der Waals surface area contributed by atoms with Crippen molar-refractivity contribution in [3.8, 4) is 0 Å². The van der Waals surface area contributed by atoms with E-state index in [1.807, 2.05) is 32.0 Å². The summed E-state index contributed by atoms with van der Waals surface area (Å²) in [5.74, 6) is -2.02. The topological polar surface area (TPSA) is 87.1 Å². The number of rotatable bonds is 11. The highest BCUT2D eigenvalue weighted by Crippen LogP contribution is 2.67. The average molecular weight is 527 g/mol. The number of aliphatic hydroxyl groups excluding tert-OH is 1. The van der Waals surface area contributed by atoms with Gasteiger partial charge in [0.2, 0.25) is 5.91 Å². The molecule has 6 atom stereocenters. The first-order valence-corrected chi connectivity index (χ1v) is 14.0. The Kier molecular flexibility index (Phi) is 8.19. The molecule has 4 rings (SSSR count). The molecule has 3 heterocycles. The van der Waals surface area contributed by atoms with Crippen LogP contribution < -0.4 is 4.90 Å². The number of anilines is 1. The van der Waals surface area contributed by atoms with Gasteiger partial charge < -0.3 is 19.6 Å². The Hall–Kier alpha value is -2.58. The molecule has 0 aromatic heterocycles. The number of hydrogen-bond donors (Lipinski definition) is 1. The highest BCUT2D eigenvalue weighted by molar-refractivity contribution is 8.02. The minimum Gasteiger partial charge on any atom is -0.465 e. The molecule has 1 spiro atoms. The Morgan fingerprint density at radius 2 is 2.00 bits per heavy atom.